The lowest BCUT2D eigenvalue weighted by atomic mass is 10.1. The van der Waals surface area contributed by atoms with Crippen LogP contribution in [-0.4, -0.2) is 15.0 Å². The third-order valence-corrected chi connectivity index (χ3v) is 1.99. The maximum atomic E-state index is 13.3. The van der Waals surface area contributed by atoms with Crippen LogP contribution in [0.3, 0.4) is 0 Å². The van der Waals surface area contributed by atoms with Gasteiger partial charge in [-0.1, -0.05) is 0 Å². The van der Waals surface area contributed by atoms with Crippen LogP contribution in [0.5, 0.6) is 5.75 Å². The van der Waals surface area contributed by atoms with Gasteiger partial charge >= 0.3 is 0 Å². The van der Waals surface area contributed by atoms with Crippen LogP contribution in [0, 0.1) is 15.9 Å². The molecular formula is C9H5FN2O3. The number of aromatic hydroxyl groups is 1. The molecule has 5 nitrogen and oxygen atoms in total. The molecule has 1 aromatic heterocycles. The zero-order valence-corrected chi connectivity index (χ0v) is 7.35. The van der Waals surface area contributed by atoms with Gasteiger partial charge in [0, 0.05) is 12.3 Å². The average molecular weight is 208 g/mol. The summed E-state index contributed by atoms with van der Waals surface area (Å²) < 4.78 is 13.3. The summed E-state index contributed by atoms with van der Waals surface area (Å²) >= 11 is 0. The summed E-state index contributed by atoms with van der Waals surface area (Å²) in [7, 11) is 0. The van der Waals surface area contributed by atoms with Gasteiger partial charge in [-0.25, -0.2) is 4.39 Å². The first-order valence-corrected chi connectivity index (χ1v) is 4.02. The van der Waals surface area contributed by atoms with E-state index in [0.29, 0.717) is 0 Å². The van der Waals surface area contributed by atoms with Crippen LogP contribution in [0.25, 0.3) is 10.9 Å². The van der Waals surface area contributed by atoms with Crippen LogP contribution < -0.4 is 0 Å². The number of rotatable bonds is 1. The predicted molar refractivity (Wildman–Crippen MR) is 50.0 cm³/mol. The number of hydrogen-bond donors (Lipinski definition) is 1. The van der Waals surface area contributed by atoms with E-state index in [1.165, 1.54) is 0 Å². The summed E-state index contributed by atoms with van der Waals surface area (Å²) in [6.45, 7) is 0. The number of benzene rings is 1. The number of nitro benzene ring substituents is 1. The highest BCUT2D eigenvalue weighted by atomic mass is 19.1. The summed E-state index contributed by atoms with van der Waals surface area (Å²) in [6.07, 6.45) is 1.14. The van der Waals surface area contributed by atoms with Crippen molar-refractivity contribution >= 4 is 16.6 Å². The van der Waals surface area contributed by atoms with Crippen LogP contribution in [0.1, 0.15) is 0 Å². The lowest BCUT2D eigenvalue weighted by molar-refractivity contribution is -0.383. The number of non-ortho nitro benzene ring substituents is 1. The summed E-state index contributed by atoms with van der Waals surface area (Å²) in [5.74, 6) is -1.06. The number of pyridine rings is 1. The van der Waals surface area contributed by atoms with Crippen molar-refractivity contribution in [3.63, 3.8) is 0 Å². The van der Waals surface area contributed by atoms with Crippen LogP contribution in [0.2, 0.25) is 0 Å². The van der Waals surface area contributed by atoms with E-state index < -0.39 is 16.4 Å². The van der Waals surface area contributed by atoms with E-state index >= 15 is 0 Å². The van der Waals surface area contributed by atoms with Crippen molar-refractivity contribution < 1.29 is 14.4 Å². The van der Waals surface area contributed by atoms with Gasteiger partial charge in [-0.15, -0.1) is 0 Å². The van der Waals surface area contributed by atoms with E-state index in [0.717, 1.165) is 24.4 Å². The number of phenols is 1. The molecule has 15 heavy (non-hydrogen) atoms. The molecule has 1 aromatic carbocycles. The van der Waals surface area contributed by atoms with E-state index in [4.69, 9.17) is 0 Å². The van der Waals surface area contributed by atoms with E-state index in [2.05, 4.69) is 4.98 Å². The van der Waals surface area contributed by atoms with Gasteiger partial charge in [0.05, 0.1) is 4.92 Å². The Morgan fingerprint density at radius 2 is 2.13 bits per heavy atom. The number of nitrogens with zero attached hydrogens (tertiary/aromatic N) is 2. The lowest BCUT2D eigenvalue weighted by Gasteiger charge is -2.01. The lowest BCUT2D eigenvalue weighted by Crippen LogP contribution is -1.93. The Balaban J connectivity index is 2.96. The number of halogens is 1. The first-order chi connectivity index (χ1) is 7.11. The molecule has 0 radical (unpaired) electrons. The minimum absolute atomic E-state index is 0.107. The third-order valence-electron chi connectivity index (χ3n) is 1.99. The quantitative estimate of drug-likeness (QED) is 0.574. The molecule has 0 aliphatic carbocycles. The maximum Gasteiger partial charge on any atom is 0.282 e. The van der Waals surface area contributed by atoms with Gasteiger partial charge < -0.3 is 5.11 Å². The Morgan fingerprint density at radius 1 is 1.40 bits per heavy atom. The van der Waals surface area contributed by atoms with E-state index in [1.54, 1.807) is 0 Å². The molecule has 0 bridgehead atoms. The second-order valence-corrected chi connectivity index (χ2v) is 2.88. The van der Waals surface area contributed by atoms with Crippen LogP contribution >= 0.6 is 0 Å². The smallest absolute Gasteiger partial charge is 0.282 e. The fourth-order valence-electron chi connectivity index (χ4n) is 1.35. The van der Waals surface area contributed by atoms with E-state index in [1.807, 2.05) is 0 Å². The fraction of sp³-hybridized carbons (Fsp3) is 0. The van der Waals surface area contributed by atoms with Crippen molar-refractivity contribution in [1.82, 2.24) is 4.98 Å². The molecule has 0 fully saturated rings. The highest BCUT2D eigenvalue weighted by Gasteiger charge is 2.18. The van der Waals surface area contributed by atoms with Crippen molar-refractivity contribution in [2.45, 2.75) is 0 Å². The average Bonchev–Trinajstić information content (AvgIpc) is 2.19. The molecule has 0 atom stereocenters. The number of nitro groups is 1. The van der Waals surface area contributed by atoms with Crippen molar-refractivity contribution in [3.8, 4) is 5.75 Å². The van der Waals surface area contributed by atoms with Crippen LogP contribution in [0.15, 0.2) is 24.4 Å². The fourth-order valence-corrected chi connectivity index (χ4v) is 1.35. The molecule has 1 heterocycles. The molecule has 0 aliphatic heterocycles. The number of fused-ring (bicyclic) bond motifs is 1. The van der Waals surface area contributed by atoms with Gasteiger partial charge in [0.1, 0.15) is 22.5 Å². The minimum atomic E-state index is -0.775. The van der Waals surface area contributed by atoms with Gasteiger partial charge in [-0.2, -0.15) is 0 Å². The van der Waals surface area contributed by atoms with Gasteiger partial charge in [-0.3, -0.25) is 15.1 Å². The first kappa shape index (κ1) is 9.32. The van der Waals surface area contributed by atoms with Crippen LogP contribution in [0.4, 0.5) is 10.1 Å². The summed E-state index contributed by atoms with van der Waals surface area (Å²) in [4.78, 5) is 13.6. The maximum absolute atomic E-state index is 13.3. The van der Waals surface area contributed by atoms with Crippen molar-refractivity contribution in [3.05, 3.63) is 40.3 Å². The summed E-state index contributed by atoms with van der Waals surface area (Å²) in [5, 5.41) is 19.7. The SMILES string of the molecule is O=[N+]([O-])c1ccc(O)c2nccc(F)c12. The molecule has 6 heteroatoms. The molecule has 0 aliphatic rings. The molecule has 0 saturated heterocycles. The van der Waals surface area contributed by atoms with Crippen molar-refractivity contribution in [2.75, 3.05) is 0 Å². The molecule has 1 N–H and O–H groups in total. The topological polar surface area (TPSA) is 76.3 Å². The Hall–Kier alpha value is -2.24. The van der Waals surface area contributed by atoms with E-state index in [-0.39, 0.29) is 16.7 Å². The molecule has 0 saturated carbocycles. The highest BCUT2D eigenvalue weighted by molar-refractivity contribution is 5.92. The standard InChI is InChI=1S/C9H5FN2O3/c10-5-3-4-11-9-7(13)2-1-6(8(5)9)12(14)15/h1-4,13H. The predicted octanol–water partition coefficient (Wildman–Crippen LogP) is 1.99. The van der Waals surface area contributed by atoms with Crippen LogP contribution in [-0.2, 0) is 0 Å². The monoisotopic (exact) mass is 208 g/mol. The van der Waals surface area contributed by atoms with Crippen molar-refractivity contribution in [1.29, 1.82) is 0 Å². The Morgan fingerprint density at radius 3 is 2.80 bits per heavy atom. The van der Waals surface area contributed by atoms with Gasteiger partial charge in [0.2, 0.25) is 0 Å². The second-order valence-electron chi connectivity index (χ2n) is 2.88. The van der Waals surface area contributed by atoms with Gasteiger partial charge in [0.15, 0.2) is 0 Å². The summed E-state index contributed by atoms with van der Waals surface area (Å²) in [5.41, 5.74) is -0.516. The highest BCUT2D eigenvalue weighted by Crippen LogP contribution is 2.32. The van der Waals surface area contributed by atoms with E-state index in [9.17, 15) is 19.6 Å². The zero-order chi connectivity index (χ0) is 11.0. The molecule has 0 amide bonds. The third kappa shape index (κ3) is 1.35. The number of phenolic OH excluding ortho intramolecular Hbond substituents is 1. The zero-order valence-electron chi connectivity index (χ0n) is 7.35. The molecule has 76 valence electrons. The Kier molecular flexibility index (Phi) is 1.96. The minimum Gasteiger partial charge on any atom is -0.506 e. The molecule has 0 unspecified atom stereocenters. The van der Waals surface area contributed by atoms with Gasteiger partial charge in [-0.05, 0) is 12.1 Å². The molecule has 2 aromatic rings. The number of aromatic nitrogens is 1. The molecular weight excluding hydrogens is 203 g/mol. The first-order valence-electron chi connectivity index (χ1n) is 4.02. The second kappa shape index (κ2) is 3.16. The molecule has 0 spiro atoms. The van der Waals surface area contributed by atoms with Gasteiger partial charge in [0.25, 0.3) is 5.69 Å². The van der Waals surface area contributed by atoms with Crippen molar-refractivity contribution in [2.24, 2.45) is 0 Å². The normalized spacial score (nSPS) is 10.5. The Bertz CT molecular complexity index is 556. The number of hydrogen-bond acceptors (Lipinski definition) is 4. The molecule has 2 rings (SSSR count). The summed E-state index contributed by atoms with van der Waals surface area (Å²) in [6, 6.07) is 3.17. The largest absolute Gasteiger partial charge is 0.506 e. The Labute approximate surface area is 82.9 Å².